The smallest absolute Gasteiger partial charge is 0.338 e. The number of furan rings is 1. The number of hydrogen-bond acceptors (Lipinski definition) is 3. The van der Waals surface area contributed by atoms with Gasteiger partial charge in [0.1, 0.15) is 6.26 Å². The highest BCUT2D eigenvalue weighted by molar-refractivity contribution is 5.95. The molecule has 1 aromatic rings. The molecule has 2 unspecified atom stereocenters. The van der Waals surface area contributed by atoms with Gasteiger partial charge in [0.25, 0.3) is 5.91 Å². The second-order valence-corrected chi connectivity index (χ2v) is 5.78. The zero-order valence-corrected chi connectivity index (χ0v) is 11.9. The third-order valence-electron chi connectivity index (χ3n) is 4.06. The van der Waals surface area contributed by atoms with Crippen molar-refractivity contribution < 1.29 is 19.1 Å². The van der Waals surface area contributed by atoms with Gasteiger partial charge in [-0.25, -0.2) is 4.79 Å². The number of aromatic carboxylic acids is 1. The predicted octanol–water partition coefficient (Wildman–Crippen LogP) is 2.92. The fraction of sp³-hybridized carbons (Fsp3) is 0.600. The standard InChI is InChI=1S/C15H21NO4/c1-9(2)11-5-3-4-6-12(11)16-14(17)13-7-10(8-20-13)15(18)19/h7-9,11-12H,3-6H2,1-2H3,(H,16,17)(H,18,19). The van der Waals surface area contributed by atoms with Gasteiger partial charge in [-0.2, -0.15) is 0 Å². The average molecular weight is 279 g/mol. The van der Waals surface area contributed by atoms with Gasteiger partial charge < -0.3 is 14.8 Å². The Balaban J connectivity index is 2.03. The van der Waals surface area contributed by atoms with Crippen LogP contribution in [0.4, 0.5) is 0 Å². The lowest BCUT2D eigenvalue weighted by Crippen LogP contribution is -2.43. The first-order valence-electron chi connectivity index (χ1n) is 7.11. The monoisotopic (exact) mass is 279 g/mol. The van der Waals surface area contributed by atoms with Crippen LogP contribution in [0.25, 0.3) is 0 Å². The summed E-state index contributed by atoms with van der Waals surface area (Å²) in [5.41, 5.74) is -0.000737. The molecule has 0 radical (unpaired) electrons. The molecule has 2 N–H and O–H groups in total. The van der Waals surface area contributed by atoms with E-state index in [1.54, 1.807) is 0 Å². The van der Waals surface area contributed by atoms with E-state index in [9.17, 15) is 9.59 Å². The van der Waals surface area contributed by atoms with Crippen LogP contribution in [0.1, 0.15) is 60.4 Å². The van der Waals surface area contributed by atoms with E-state index in [0.717, 1.165) is 25.5 Å². The summed E-state index contributed by atoms with van der Waals surface area (Å²) in [6.45, 7) is 4.34. The molecule has 110 valence electrons. The highest BCUT2D eigenvalue weighted by Gasteiger charge is 2.29. The van der Waals surface area contributed by atoms with E-state index in [1.165, 1.54) is 12.5 Å². The van der Waals surface area contributed by atoms with E-state index < -0.39 is 5.97 Å². The largest absolute Gasteiger partial charge is 0.478 e. The van der Waals surface area contributed by atoms with Crippen LogP contribution in [0.15, 0.2) is 16.7 Å². The summed E-state index contributed by atoms with van der Waals surface area (Å²) in [6, 6.07) is 1.42. The molecule has 0 spiro atoms. The first-order chi connectivity index (χ1) is 9.49. The lowest BCUT2D eigenvalue weighted by Gasteiger charge is -2.34. The number of carbonyl (C=O) groups excluding carboxylic acids is 1. The Hall–Kier alpha value is -1.78. The Labute approximate surface area is 118 Å². The van der Waals surface area contributed by atoms with Crippen molar-refractivity contribution in [2.75, 3.05) is 0 Å². The zero-order valence-electron chi connectivity index (χ0n) is 11.9. The van der Waals surface area contributed by atoms with Crippen LogP contribution in [0.5, 0.6) is 0 Å². The van der Waals surface area contributed by atoms with E-state index >= 15 is 0 Å². The van der Waals surface area contributed by atoms with E-state index in [1.807, 2.05) is 0 Å². The fourth-order valence-electron chi connectivity index (χ4n) is 2.94. The summed E-state index contributed by atoms with van der Waals surface area (Å²) in [6.07, 6.45) is 5.52. The topological polar surface area (TPSA) is 79.5 Å². The van der Waals surface area contributed by atoms with Gasteiger partial charge in [0.2, 0.25) is 0 Å². The highest BCUT2D eigenvalue weighted by Crippen LogP contribution is 2.30. The van der Waals surface area contributed by atoms with Gasteiger partial charge in [0.15, 0.2) is 5.76 Å². The molecule has 20 heavy (non-hydrogen) atoms. The Morgan fingerprint density at radius 2 is 2.05 bits per heavy atom. The van der Waals surface area contributed by atoms with Crippen LogP contribution < -0.4 is 5.32 Å². The molecule has 2 atom stereocenters. The minimum absolute atomic E-state index is 0.000737. The minimum atomic E-state index is -1.09. The van der Waals surface area contributed by atoms with Gasteiger partial charge in [-0.15, -0.1) is 0 Å². The Morgan fingerprint density at radius 3 is 2.65 bits per heavy atom. The van der Waals surface area contributed by atoms with Crippen molar-refractivity contribution >= 4 is 11.9 Å². The number of carbonyl (C=O) groups is 2. The van der Waals surface area contributed by atoms with E-state index in [-0.39, 0.29) is 23.3 Å². The number of hydrogen-bond donors (Lipinski definition) is 2. The summed E-state index contributed by atoms with van der Waals surface area (Å²) in [5, 5.41) is 11.8. The van der Waals surface area contributed by atoms with Crippen molar-refractivity contribution in [2.24, 2.45) is 11.8 Å². The van der Waals surface area contributed by atoms with Crippen molar-refractivity contribution in [1.82, 2.24) is 5.32 Å². The summed E-state index contributed by atoms with van der Waals surface area (Å²) < 4.78 is 5.03. The van der Waals surface area contributed by atoms with Gasteiger partial charge >= 0.3 is 5.97 Å². The molecule has 1 saturated carbocycles. The molecule has 0 bridgehead atoms. The van der Waals surface area contributed by atoms with E-state index in [0.29, 0.717) is 11.8 Å². The summed E-state index contributed by atoms with van der Waals surface area (Å²) >= 11 is 0. The summed E-state index contributed by atoms with van der Waals surface area (Å²) in [7, 11) is 0. The molecule has 1 aliphatic rings. The van der Waals surface area contributed by atoms with Gasteiger partial charge in [0, 0.05) is 12.1 Å². The Bertz CT molecular complexity index is 492. The van der Waals surface area contributed by atoms with Crippen LogP contribution in [-0.4, -0.2) is 23.0 Å². The molecule has 0 aliphatic heterocycles. The maximum atomic E-state index is 12.1. The number of rotatable bonds is 4. The summed E-state index contributed by atoms with van der Waals surface area (Å²) in [4.78, 5) is 22.9. The van der Waals surface area contributed by atoms with Crippen molar-refractivity contribution in [2.45, 2.75) is 45.6 Å². The number of amides is 1. The maximum Gasteiger partial charge on any atom is 0.338 e. The predicted molar refractivity (Wildman–Crippen MR) is 73.7 cm³/mol. The van der Waals surface area contributed by atoms with Crippen molar-refractivity contribution in [3.63, 3.8) is 0 Å². The lowest BCUT2D eigenvalue weighted by atomic mass is 9.78. The third kappa shape index (κ3) is 3.21. The minimum Gasteiger partial charge on any atom is -0.478 e. The molecule has 5 nitrogen and oxygen atoms in total. The van der Waals surface area contributed by atoms with Gasteiger partial charge in [0.05, 0.1) is 5.56 Å². The molecule has 1 amide bonds. The second kappa shape index (κ2) is 6.11. The van der Waals surface area contributed by atoms with Crippen LogP contribution >= 0.6 is 0 Å². The van der Waals surface area contributed by atoms with Gasteiger partial charge in [-0.1, -0.05) is 26.7 Å². The van der Waals surface area contributed by atoms with Gasteiger partial charge in [-0.05, 0) is 24.7 Å². The van der Waals surface area contributed by atoms with E-state index in [4.69, 9.17) is 9.52 Å². The average Bonchev–Trinajstić information content (AvgIpc) is 2.89. The molecule has 1 heterocycles. The maximum absolute atomic E-state index is 12.1. The second-order valence-electron chi connectivity index (χ2n) is 5.78. The van der Waals surface area contributed by atoms with Crippen LogP contribution in [0, 0.1) is 11.8 Å². The van der Waals surface area contributed by atoms with E-state index in [2.05, 4.69) is 19.2 Å². The highest BCUT2D eigenvalue weighted by atomic mass is 16.4. The molecule has 1 aliphatic carbocycles. The van der Waals surface area contributed by atoms with Crippen molar-refractivity contribution in [3.8, 4) is 0 Å². The van der Waals surface area contributed by atoms with Crippen LogP contribution in [0.3, 0.4) is 0 Å². The van der Waals surface area contributed by atoms with Crippen LogP contribution in [0.2, 0.25) is 0 Å². The third-order valence-corrected chi connectivity index (χ3v) is 4.06. The molecular weight excluding hydrogens is 258 g/mol. The Kier molecular flexibility index (Phi) is 4.47. The van der Waals surface area contributed by atoms with Crippen molar-refractivity contribution in [3.05, 3.63) is 23.7 Å². The SMILES string of the molecule is CC(C)C1CCCCC1NC(=O)c1cc(C(=O)O)co1. The molecule has 2 rings (SSSR count). The number of carboxylic acids is 1. The Morgan fingerprint density at radius 1 is 1.35 bits per heavy atom. The van der Waals surface area contributed by atoms with Crippen LogP contribution in [-0.2, 0) is 0 Å². The van der Waals surface area contributed by atoms with Gasteiger partial charge in [-0.3, -0.25) is 4.79 Å². The molecule has 0 aromatic carbocycles. The number of nitrogens with one attached hydrogen (secondary N) is 1. The lowest BCUT2D eigenvalue weighted by molar-refractivity contribution is 0.0695. The quantitative estimate of drug-likeness (QED) is 0.888. The molecular formula is C15H21NO4. The molecule has 1 fully saturated rings. The zero-order chi connectivity index (χ0) is 14.7. The normalized spacial score (nSPS) is 22.8. The molecule has 1 aromatic heterocycles. The first-order valence-corrected chi connectivity index (χ1v) is 7.11. The summed E-state index contributed by atoms with van der Waals surface area (Å²) in [5.74, 6) is -0.357. The number of carboxylic acid groups (broad SMARTS) is 1. The first kappa shape index (κ1) is 14.6. The molecule has 5 heteroatoms. The van der Waals surface area contributed by atoms with Crippen molar-refractivity contribution in [1.29, 1.82) is 0 Å². The fourth-order valence-corrected chi connectivity index (χ4v) is 2.94. The molecule has 0 saturated heterocycles.